The van der Waals surface area contributed by atoms with Crippen molar-refractivity contribution in [1.82, 2.24) is 4.57 Å². The minimum atomic E-state index is -0.399. The van der Waals surface area contributed by atoms with Crippen molar-refractivity contribution in [2.45, 2.75) is 33.6 Å². The highest BCUT2D eigenvalue weighted by Crippen LogP contribution is 2.42. The Morgan fingerprint density at radius 3 is 2.32 bits per heavy atom. The summed E-state index contributed by atoms with van der Waals surface area (Å²) in [6, 6.07) is 15.7. The Kier molecular flexibility index (Phi) is 3.45. The molecular formula is C24H21NO3. The van der Waals surface area contributed by atoms with Crippen LogP contribution in [0.4, 0.5) is 0 Å². The average Bonchev–Trinajstić information content (AvgIpc) is 2.95. The molecule has 0 spiro atoms. The van der Waals surface area contributed by atoms with Crippen molar-refractivity contribution in [2.75, 3.05) is 0 Å². The number of benzene rings is 2. The largest absolute Gasteiger partial charge is 0.420 e. The Morgan fingerprint density at radius 1 is 0.929 bits per heavy atom. The van der Waals surface area contributed by atoms with E-state index < -0.39 is 5.63 Å². The van der Waals surface area contributed by atoms with Gasteiger partial charge in [-0.25, -0.2) is 4.79 Å². The Bertz CT molecular complexity index is 1320. The molecule has 2 aromatic carbocycles. The van der Waals surface area contributed by atoms with Crippen LogP contribution in [0.2, 0.25) is 0 Å². The number of fused-ring (bicyclic) bond motifs is 5. The van der Waals surface area contributed by atoms with Gasteiger partial charge in [-0.15, -0.1) is 0 Å². The summed E-state index contributed by atoms with van der Waals surface area (Å²) in [5.74, 6) is 0.0422. The van der Waals surface area contributed by atoms with E-state index in [1.807, 2.05) is 25.1 Å². The van der Waals surface area contributed by atoms with Gasteiger partial charge in [0.05, 0.1) is 16.5 Å². The van der Waals surface area contributed by atoms with Crippen molar-refractivity contribution in [3.8, 4) is 5.69 Å². The maximum absolute atomic E-state index is 13.1. The molecule has 0 fully saturated rings. The Morgan fingerprint density at radius 2 is 1.61 bits per heavy atom. The van der Waals surface area contributed by atoms with Crippen LogP contribution in [0.15, 0.2) is 57.7 Å². The van der Waals surface area contributed by atoms with Crippen molar-refractivity contribution in [3.05, 3.63) is 75.8 Å². The Hall–Kier alpha value is -3.14. The first kappa shape index (κ1) is 17.0. The summed E-state index contributed by atoms with van der Waals surface area (Å²) in [6.07, 6.45) is 1.19. The highest BCUT2D eigenvalue weighted by Gasteiger charge is 2.37. The van der Waals surface area contributed by atoms with Crippen LogP contribution in [0.5, 0.6) is 0 Å². The van der Waals surface area contributed by atoms with Crippen molar-refractivity contribution >= 4 is 27.7 Å². The van der Waals surface area contributed by atoms with Crippen LogP contribution in [0, 0.1) is 12.3 Å². The van der Waals surface area contributed by atoms with E-state index in [4.69, 9.17) is 4.42 Å². The first-order valence-electron chi connectivity index (χ1n) is 9.55. The molecule has 5 rings (SSSR count). The van der Waals surface area contributed by atoms with E-state index in [1.54, 1.807) is 6.07 Å². The van der Waals surface area contributed by atoms with Crippen LogP contribution in [0.1, 0.15) is 41.9 Å². The average molecular weight is 371 g/mol. The highest BCUT2D eigenvalue weighted by atomic mass is 16.4. The van der Waals surface area contributed by atoms with Gasteiger partial charge in [-0.3, -0.25) is 4.79 Å². The normalized spacial score (nSPS) is 15.9. The van der Waals surface area contributed by atoms with Crippen molar-refractivity contribution < 1.29 is 9.21 Å². The lowest BCUT2D eigenvalue weighted by molar-refractivity contribution is 0.0911. The summed E-state index contributed by atoms with van der Waals surface area (Å²) in [6.45, 7) is 6.27. The second-order valence-corrected chi connectivity index (χ2v) is 8.55. The predicted octanol–water partition coefficient (Wildman–Crippen LogP) is 5.20. The van der Waals surface area contributed by atoms with Gasteiger partial charge < -0.3 is 8.98 Å². The zero-order chi connectivity index (χ0) is 19.6. The van der Waals surface area contributed by atoms with Gasteiger partial charge in [-0.2, -0.15) is 0 Å². The van der Waals surface area contributed by atoms with Crippen molar-refractivity contribution in [1.29, 1.82) is 0 Å². The quantitative estimate of drug-likeness (QED) is 0.462. The number of hydrogen-bond acceptors (Lipinski definition) is 3. The molecule has 4 nitrogen and oxygen atoms in total. The van der Waals surface area contributed by atoms with Crippen LogP contribution >= 0.6 is 0 Å². The molecule has 0 saturated heterocycles. The molecule has 2 heterocycles. The molecule has 0 bridgehead atoms. The SMILES string of the molecule is Cc1ccc(-n2c3c(c4oc(=O)c5ccccc5c42)C(=O)CC(C)(C)C3)cc1. The van der Waals surface area contributed by atoms with E-state index in [9.17, 15) is 9.59 Å². The molecule has 1 aliphatic rings. The van der Waals surface area contributed by atoms with Gasteiger partial charge in [0.15, 0.2) is 11.4 Å². The molecule has 0 N–H and O–H groups in total. The molecule has 4 heteroatoms. The molecule has 0 radical (unpaired) electrons. The number of rotatable bonds is 1. The molecule has 1 aliphatic carbocycles. The molecule has 0 aliphatic heterocycles. The second-order valence-electron chi connectivity index (χ2n) is 8.55. The lowest BCUT2D eigenvalue weighted by Crippen LogP contribution is -2.27. The van der Waals surface area contributed by atoms with Gasteiger partial charge in [0, 0.05) is 23.2 Å². The Labute approximate surface area is 162 Å². The standard InChI is InChI=1S/C24H21NO3/c1-14-8-10-15(11-9-14)25-18-12-24(2,3)13-19(26)20(18)22-21(25)16-6-4-5-7-17(16)23(27)28-22/h4-11H,12-13H2,1-3H3. The minimum Gasteiger partial charge on any atom is -0.420 e. The molecule has 2 aromatic heterocycles. The lowest BCUT2D eigenvalue weighted by atomic mass is 9.76. The van der Waals surface area contributed by atoms with E-state index >= 15 is 0 Å². The fraction of sp³-hybridized carbons (Fsp3) is 0.250. The molecule has 28 heavy (non-hydrogen) atoms. The Balaban J connectivity index is 2.02. The number of hydrogen-bond donors (Lipinski definition) is 0. The van der Waals surface area contributed by atoms with Gasteiger partial charge in [0.1, 0.15) is 0 Å². The lowest BCUT2D eigenvalue weighted by Gasteiger charge is -2.29. The highest BCUT2D eigenvalue weighted by molar-refractivity contribution is 6.14. The third-order valence-electron chi connectivity index (χ3n) is 5.68. The maximum atomic E-state index is 13.1. The molecule has 0 atom stereocenters. The monoisotopic (exact) mass is 371 g/mol. The predicted molar refractivity (Wildman–Crippen MR) is 110 cm³/mol. The number of aryl methyl sites for hydroxylation is 1. The summed E-state index contributed by atoms with van der Waals surface area (Å²) in [5, 5.41) is 1.35. The summed E-state index contributed by atoms with van der Waals surface area (Å²) >= 11 is 0. The van der Waals surface area contributed by atoms with E-state index in [1.165, 1.54) is 5.56 Å². The van der Waals surface area contributed by atoms with Crippen molar-refractivity contribution in [2.24, 2.45) is 5.41 Å². The number of carbonyl (C=O) groups is 1. The van der Waals surface area contributed by atoms with Crippen molar-refractivity contribution in [3.63, 3.8) is 0 Å². The molecule has 0 amide bonds. The molecular weight excluding hydrogens is 350 g/mol. The molecule has 140 valence electrons. The van der Waals surface area contributed by atoms with E-state index in [2.05, 4.69) is 42.7 Å². The number of ketones is 1. The van der Waals surface area contributed by atoms with E-state index in [0.717, 1.165) is 28.7 Å². The van der Waals surface area contributed by atoms with E-state index in [-0.39, 0.29) is 11.2 Å². The van der Waals surface area contributed by atoms with E-state index in [0.29, 0.717) is 23.0 Å². The number of Topliss-reactive ketones (excluding diaryl/α,β-unsaturated/α-hetero) is 1. The van der Waals surface area contributed by atoms with Gasteiger partial charge in [0.2, 0.25) is 0 Å². The summed E-state index contributed by atoms with van der Waals surface area (Å²) in [7, 11) is 0. The molecule has 0 saturated carbocycles. The fourth-order valence-corrected chi connectivity index (χ4v) is 4.43. The van der Waals surface area contributed by atoms with Gasteiger partial charge in [-0.1, -0.05) is 49.7 Å². The smallest absolute Gasteiger partial charge is 0.344 e. The van der Waals surface area contributed by atoms with Crippen LogP contribution in [0.3, 0.4) is 0 Å². The molecule has 4 aromatic rings. The zero-order valence-electron chi connectivity index (χ0n) is 16.2. The third kappa shape index (κ3) is 2.37. The van der Waals surface area contributed by atoms with Crippen LogP contribution < -0.4 is 5.63 Å². The minimum absolute atomic E-state index is 0.0422. The fourth-order valence-electron chi connectivity index (χ4n) is 4.43. The third-order valence-corrected chi connectivity index (χ3v) is 5.68. The first-order valence-corrected chi connectivity index (χ1v) is 9.55. The second kappa shape index (κ2) is 5.68. The van der Waals surface area contributed by atoms with Gasteiger partial charge in [-0.05, 0) is 37.0 Å². The molecule has 0 unspecified atom stereocenters. The van der Waals surface area contributed by atoms with Gasteiger partial charge in [0.25, 0.3) is 0 Å². The summed E-state index contributed by atoms with van der Waals surface area (Å²) < 4.78 is 7.86. The number of aromatic nitrogens is 1. The van der Waals surface area contributed by atoms with Crippen LogP contribution in [-0.2, 0) is 6.42 Å². The summed E-state index contributed by atoms with van der Waals surface area (Å²) in [4.78, 5) is 25.7. The van der Waals surface area contributed by atoms with Gasteiger partial charge >= 0.3 is 5.63 Å². The first-order chi connectivity index (χ1) is 13.4. The van der Waals surface area contributed by atoms with Crippen LogP contribution in [-0.4, -0.2) is 10.4 Å². The maximum Gasteiger partial charge on any atom is 0.344 e. The number of carbonyl (C=O) groups excluding carboxylic acids is 1. The van der Waals surface area contributed by atoms with Crippen LogP contribution in [0.25, 0.3) is 27.6 Å². The topological polar surface area (TPSA) is 52.2 Å². The summed E-state index contributed by atoms with van der Waals surface area (Å²) in [5.41, 5.74) is 4.32. The number of nitrogens with zero attached hydrogens (tertiary/aromatic N) is 1. The zero-order valence-corrected chi connectivity index (χ0v) is 16.2.